The molecule has 10 heteroatoms. The van der Waals surface area contributed by atoms with Crippen molar-refractivity contribution in [1.82, 2.24) is 0 Å². The molecule has 0 aliphatic carbocycles. The third-order valence-electron chi connectivity index (χ3n) is 3.51. The molecule has 1 saturated heterocycles. The molecule has 1 aromatic carbocycles. The van der Waals surface area contributed by atoms with Gasteiger partial charge in [-0.15, -0.1) is 0 Å². The zero-order chi connectivity index (χ0) is 20.3. The van der Waals surface area contributed by atoms with Crippen LogP contribution >= 0.6 is 11.6 Å². The van der Waals surface area contributed by atoms with E-state index in [1.807, 2.05) is 0 Å². The van der Waals surface area contributed by atoms with Crippen molar-refractivity contribution in [2.45, 2.75) is 39.1 Å². The van der Waals surface area contributed by atoms with Crippen molar-refractivity contribution in [2.24, 2.45) is 0 Å². The number of esters is 3. The Morgan fingerprint density at radius 2 is 1.30 bits per heavy atom. The number of benzene rings is 1. The molecule has 0 radical (unpaired) electrons. The Balaban J connectivity index is 2.58. The van der Waals surface area contributed by atoms with Crippen molar-refractivity contribution in [2.75, 3.05) is 4.90 Å². The SMILES string of the molecule is CC(=O)OC1[C@@H](OC(C)=O)C(=O)N(c2ccccc2Cl)C(=O)[C@@H]1OC(C)=O. The van der Waals surface area contributed by atoms with Gasteiger partial charge in [-0.2, -0.15) is 0 Å². The highest BCUT2D eigenvalue weighted by Gasteiger charge is 2.55. The number of ether oxygens (including phenoxy) is 3. The molecule has 0 bridgehead atoms. The van der Waals surface area contributed by atoms with Crippen molar-refractivity contribution in [1.29, 1.82) is 0 Å². The largest absolute Gasteiger partial charge is 0.453 e. The number of carbonyl (C=O) groups is 5. The lowest BCUT2D eigenvalue weighted by Crippen LogP contribution is -2.65. The van der Waals surface area contributed by atoms with Gasteiger partial charge in [-0.1, -0.05) is 23.7 Å². The number of nitrogens with zero attached hydrogens (tertiary/aromatic N) is 1. The molecule has 2 atom stereocenters. The Bertz CT molecular complexity index is 772. The van der Waals surface area contributed by atoms with Crippen LogP contribution in [0.5, 0.6) is 0 Å². The van der Waals surface area contributed by atoms with Crippen LogP contribution in [-0.4, -0.2) is 48.0 Å². The molecule has 1 heterocycles. The first kappa shape index (κ1) is 20.4. The Kier molecular flexibility index (Phi) is 6.17. The summed E-state index contributed by atoms with van der Waals surface area (Å²) in [7, 11) is 0. The van der Waals surface area contributed by atoms with Crippen LogP contribution < -0.4 is 4.90 Å². The third kappa shape index (κ3) is 4.43. The molecule has 9 nitrogen and oxygen atoms in total. The minimum Gasteiger partial charge on any atom is -0.453 e. The zero-order valence-corrected chi connectivity index (χ0v) is 15.4. The highest BCUT2D eigenvalue weighted by molar-refractivity contribution is 6.35. The van der Waals surface area contributed by atoms with E-state index >= 15 is 0 Å². The van der Waals surface area contributed by atoms with E-state index in [-0.39, 0.29) is 10.7 Å². The van der Waals surface area contributed by atoms with E-state index in [0.717, 1.165) is 20.8 Å². The van der Waals surface area contributed by atoms with Gasteiger partial charge < -0.3 is 14.2 Å². The van der Waals surface area contributed by atoms with Crippen LogP contribution in [0.25, 0.3) is 0 Å². The number of hydrogen-bond donors (Lipinski definition) is 0. The van der Waals surface area contributed by atoms with E-state index in [0.29, 0.717) is 4.90 Å². The number of piperidine rings is 1. The Hall–Kier alpha value is -2.94. The summed E-state index contributed by atoms with van der Waals surface area (Å²) in [5.41, 5.74) is 0.00439. The molecule has 2 rings (SSSR count). The van der Waals surface area contributed by atoms with Crippen LogP contribution in [0, 0.1) is 0 Å². The van der Waals surface area contributed by atoms with Crippen molar-refractivity contribution in [3.05, 3.63) is 29.3 Å². The average Bonchev–Trinajstić information content (AvgIpc) is 2.55. The molecule has 0 unspecified atom stereocenters. The monoisotopic (exact) mass is 397 g/mol. The van der Waals surface area contributed by atoms with Gasteiger partial charge >= 0.3 is 17.9 Å². The summed E-state index contributed by atoms with van der Waals surface area (Å²) in [5.74, 6) is -4.56. The fourth-order valence-corrected chi connectivity index (χ4v) is 2.80. The fraction of sp³-hybridized carbons (Fsp3) is 0.353. The Morgan fingerprint density at radius 3 is 1.70 bits per heavy atom. The highest BCUT2D eigenvalue weighted by atomic mass is 35.5. The topological polar surface area (TPSA) is 116 Å². The molecule has 1 aliphatic rings. The van der Waals surface area contributed by atoms with Crippen LogP contribution in [0.1, 0.15) is 20.8 Å². The van der Waals surface area contributed by atoms with Crippen molar-refractivity contribution in [3.8, 4) is 0 Å². The number of hydrogen-bond acceptors (Lipinski definition) is 8. The minimum atomic E-state index is -1.70. The molecule has 2 amide bonds. The molecule has 1 fully saturated rings. The lowest BCUT2D eigenvalue weighted by molar-refractivity contribution is -0.191. The third-order valence-corrected chi connectivity index (χ3v) is 3.83. The summed E-state index contributed by atoms with van der Waals surface area (Å²) in [6.07, 6.45) is -5.04. The highest BCUT2D eigenvalue weighted by Crippen LogP contribution is 2.32. The fourth-order valence-electron chi connectivity index (χ4n) is 2.58. The normalized spacial score (nSPS) is 20.2. The first-order valence-corrected chi connectivity index (χ1v) is 8.15. The van der Waals surface area contributed by atoms with Gasteiger partial charge in [0.05, 0.1) is 10.7 Å². The summed E-state index contributed by atoms with van der Waals surface area (Å²) in [5, 5.41) is 0.0632. The number of anilines is 1. The van der Waals surface area contributed by atoms with Crippen LogP contribution in [-0.2, 0) is 38.2 Å². The van der Waals surface area contributed by atoms with Crippen LogP contribution in [0.4, 0.5) is 5.69 Å². The second kappa shape index (κ2) is 8.17. The molecule has 0 spiro atoms. The van der Waals surface area contributed by atoms with Gasteiger partial charge in [-0.3, -0.25) is 24.0 Å². The van der Waals surface area contributed by atoms with Gasteiger partial charge in [0.2, 0.25) is 12.2 Å². The molecule has 0 saturated carbocycles. The van der Waals surface area contributed by atoms with Gasteiger partial charge in [0, 0.05) is 20.8 Å². The van der Waals surface area contributed by atoms with E-state index < -0.39 is 48.0 Å². The van der Waals surface area contributed by atoms with E-state index in [9.17, 15) is 24.0 Å². The van der Waals surface area contributed by atoms with Crippen molar-refractivity contribution in [3.63, 3.8) is 0 Å². The van der Waals surface area contributed by atoms with Crippen molar-refractivity contribution >= 4 is 47.0 Å². The second-order valence-corrected chi connectivity index (χ2v) is 6.00. The number of imide groups is 1. The molecule has 144 valence electrons. The maximum Gasteiger partial charge on any atom is 0.303 e. The van der Waals surface area contributed by atoms with E-state index in [2.05, 4.69) is 0 Å². The summed E-state index contributed by atoms with van der Waals surface area (Å²) in [6, 6.07) is 5.94. The smallest absolute Gasteiger partial charge is 0.303 e. The number of carbonyl (C=O) groups excluding carboxylic acids is 5. The van der Waals surface area contributed by atoms with Gasteiger partial charge in [0.1, 0.15) is 0 Å². The van der Waals surface area contributed by atoms with Gasteiger partial charge in [0.15, 0.2) is 6.10 Å². The van der Waals surface area contributed by atoms with Crippen LogP contribution in [0.15, 0.2) is 24.3 Å². The van der Waals surface area contributed by atoms with Crippen molar-refractivity contribution < 1.29 is 38.2 Å². The number of rotatable bonds is 4. The quantitative estimate of drug-likeness (QED) is 0.420. The maximum absolute atomic E-state index is 12.9. The standard InChI is InChI=1S/C17H16ClNO8/c1-8(20)25-13-14(26-9(2)21)16(23)19(12-7-5-4-6-11(12)18)17(24)15(13)27-10(3)22/h4-7,13-15H,1-3H3/t14-,15-/m1/s1. The zero-order valence-electron chi connectivity index (χ0n) is 14.6. The predicted octanol–water partition coefficient (Wildman–Crippen LogP) is 1.01. The van der Waals surface area contributed by atoms with E-state index in [1.165, 1.54) is 18.2 Å². The molecule has 1 aliphatic heterocycles. The lowest BCUT2D eigenvalue weighted by Gasteiger charge is -2.39. The van der Waals surface area contributed by atoms with Crippen LogP contribution in [0.2, 0.25) is 5.02 Å². The number of amides is 2. The number of halogens is 1. The molecule has 27 heavy (non-hydrogen) atoms. The lowest BCUT2D eigenvalue weighted by atomic mass is 9.98. The summed E-state index contributed by atoms with van der Waals surface area (Å²) >= 11 is 6.07. The number of para-hydroxylation sites is 1. The van der Waals surface area contributed by atoms with Gasteiger partial charge in [0.25, 0.3) is 11.8 Å². The maximum atomic E-state index is 12.9. The average molecular weight is 398 g/mol. The Morgan fingerprint density at radius 1 is 0.852 bits per heavy atom. The predicted molar refractivity (Wildman–Crippen MR) is 90.6 cm³/mol. The summed E-state index contributed by atoms with van der Waals surface area (Å²) in [6.45, 7) is 3.11. The minimum absolute atomic E-state index is 0.00439. The molecular formula is C17H16ClNO8. The molecule has 1 aromatic rings. The Labute approximate surface area is 159 Å². The first-order valence-electron chi connectivity index (χ1n) is 7.77. The van der Waals surface area contributed by atoms with E-state index in [1.54, 1.807) is 6.07 Å². The molecular weight excluding hydrogens is 382 g/mol. The summed E-state index contributed by atoms with van der Waals surface area (Å²) in [4.78, 5) is 60.8. The van der Waals surface area contributed by atoms with Gasteiger partial charge in [-0.25, -0.2) is 4.90 Å². The van der Waals surface area contributed by atoms with Crippen LogP contribution in [0.3, 0.4) is 0 Å². The molecule has 0 aromatic heterocycles. The van der Waals surface area contributed by atoms with Gasteiger partial charge in [-0.05, 0) is 12.1 Å². The first-order chi connectivity index (χ1) is 12.6. The van der Waals surface area contributed by atoms with E-state index in [4.69, 9.17) is 25.8 Å². The second-order valence-electron chi connectivity index (χ2n) is 5.60. The molecule has 0 N–H and O–H groups in total. The summed E-state index contributed by atoms with van der Waals surface area (Å²) < 4.78 is 14.9.